The van der Waals surface area contributed by atoms with Crippen molar-refractivity contribution in [3.63, 3.8) is 0 Å². The molecule has 0 N–H and O–H groups in total. The van der Waals surface area contributed by atoms with Crippen LogP contribution >= 0.6 is 0 Å². The van der Waals surface area contributed by atoms with Crippen molar-refractivity contribution in [2.24, 2.45) is 0 Å². The average molecular weight is 188 g/mol. The van der Waals surface area contributed by atoms with Crippen molar-refractivity contribution in [3.8, 4) is 0 Å². The summed E-state index contributed by atoms with van der Waals surface area (Å²) in [5.41, 5.74) is 3.24. The topological polar surface area (TPSA) is 9.23 Å². The maximum Gasteiger partial charge on any atom is 0.0585 e. The molecule has 0 spiro atoms. The van der Waals surface area contributed by atoms with E-state index in [1.54, 1.807) is 0 Å². The van der Waals surface area contributed by atoms with Gasteiger partial charge in [-0.1, -0.05) is 29.8 Å². The fourth-order valence-electron chi connectivity index (χ4n) is 2.95. The van der Waals surface area contributed by atoms with Crippen LogP contribution in [-0.4, -0.2) is 12.7 Å². The van der Waals surface area contributed by atoms with E-state index < -0.39 is 0 Å². The smallest absolute Gasteiger partial charge is 0.0585 e. The quantitative estimate of drug-likeness (QED) is 0.658. The summed E-state index contributed by atoms with van der Waals surface area (Å²) in [6.45, 7) is 3.11. The first-order chi connectivity index (χ1) is 6.78. The lowest BCUT2D eigenvalue weighted by Gasteiger charge is -2.26. The highest BCUT2D eigenvalue weighted by Gasteiger charge is 2.47. The molecule has 2 unspecified atom stereocenters. The third-order valence-corrected chi connectivity index (χ3v) is 3.79. The van der Waals surface area contributed by atoms with Gasteiger partial charge < -0.3 is 4.74 Å². The van der Waals surface area contributed by atoms with Crippen molar-refractivity contribution >= 4 is 0 Å². The predicted molar refractivity (Wildman–Crippen MR) is 56.4 cm³/mol. The van der Waals surface area contributed by atoms with Gasteiger partial charge in [0.05, 0.1) is 12.7 Å². The Hall–Kier alpha value is -0.820. The minimum absolute atomic E-state index is 0.372. The van der Waals surface area contributed by atoms with E-state index in [0.717, 1.165) is 6.61 Å². The van der Waals surface area contributed by atoms with E-state index in [0.29, 0.717) is 11.5 Å². The Morgan fingerprint density at radius 2 is 2.36 bits per heavy atom. The van der Waals surface area contributed by atoms with E-state index in [2.05, 4.69) is 31.2 Å². The molecule has 1 heterocycles. The van der Waals surface area contributed by atoms with Gasteiger partial charge in [-0.2, -0.15) is 0 Å². The molecule has 3 rings (SSSR count). The first-order valence-corrected chi connectivity index (χ1v) is 5.47. The second-order valence-electron chi connectivity index (χ2n) is 4.83. The van der Waals surface area contributed by atoms with E-state index in [1.807, 2.05) is 0 Å². The minimum atomic E-state index is 0.372. The van der Waals surface area contributed by atoms with E-state index in [9.17, 15) is 0 Å². The van der Waals surface area contributed by atoms with Crippen LogP contribution in [0.5, 0.6) is 0 Å². The average Bonchev–Trinajstić information content (AvgIpc) is 2.78. The van der Waals surface area contributed by atoms with Gasteiger partial charge in [0.1, 0.15) is 0 Å². The van der Waals surface area contributed by atoms with E-state index in [4.69, 9.17) is 4.74 Å². The summed E-state index contributed by atoms with van der Waals surface area (Å²) in [4.78, 5) is 0. The molecule has 0 amide bonds. The number of hydrogen-bond donors (Lipinski definition) is 0. The third-order valence-electron chi connectivity index (χ3n) is 3.79. The summed E-state index contributed by atoms with van der Waals surface area (Å²) < 4.78 is 5.75. The Balaban J connectivity index is 2.02. The molecule has 2 atom stereocenters. The fourth-order valence-corrected chi connectivity index (χ4v) is 2.95. The van der Waals surface area contributed by atoms with Crippen molar-refractivity contribution in [1.82, 2.24) is 0 Å². The van der Waals surface area contributed by atoms with Crippen LogP contribution in [-0.2, 0) is 10.2 Å². The number of fused-ring (bicyclic) bond motifs is 2. The summed E-state index contributed by atoms with van der Waals surface area (Å²) in [5, 5.41) is 0. The second-order valence-corrected chi connectivity index (χ2v) is 4.83. The normalized spacial score (nSPS) is 35.1. The molecular weight excluding hydrogens is 172 g/mol. The van der Waals surface area contributed by atoms with Crippen LogP contribution in [0.25, 0.3) is 0 Å². The molecule has 1 aromatic carbocycles. The van der Waals surface area contributed by atoms with Gasteiger partial charge in [0.15, 0.2) is 0 Å². The fraction of sp³-hybridized carbons (Fsp3) is 0.538. The van der Waals surface area contributed by atoms with Crippen molar-refractivity contribution in [2.75, 3.05) is 6.61 Å². The molecule has 1 nitrogen and oxygen atoms in total. The highest BCUT2D eigenvalue weighted by atomic mass is 16.5. The van der Waals surface area contributed by atoms with Crippen LogP contribution < -0.4 is 0 Å². The van der Waals surface area contributed by atoms with Crippen LogP contribution in [0.4, 0.5) is 0 Å². The summed E-state index contributed by atoms with van der Waals surface area (Å²) in [7, 11) is 0. The number of rotatable bonds is 1. The Morgan fingerprint density at radius 3 is 2.93 bits per heavy atom. The van der Waals surface area contributed by atoms with Crippen LogP contribution in [0, 0.1) is 6.92 Å². The van der Waals surface area contributed by atoms with Gasteiger partial charge in [0.25, 0.3) is 0 Å². The van der Waals surface area contributed by atoms with Crippen LogP contribution in [0.2, 0.25) is 0 Å². The van der Waals surface area contributed by atoms with Crippen molar-refractivity contribution in [2.45, 2.75) is 37.7 Å². The molecule has 2 aliphatic rings. The molecule has 0 radical (unpaired) electrons. The van der Waals surface area contributed by atoms with Crippen LogP contribution in [0.15, 0.2) is 24.3 Å². The predicted octanol–water partition coefficient (Wildman–Crippen LogP) is 2.82. The van der Waals surface area contributed by atoms with E-state index in [-0.39, 0.29) is 0 Å². The number of benzene rings is 1. The largest absolute Gasteiger partial charge is 0.377 e. The lowest BCUT2D eigenvalue weighted by atomic mass is 9.80. The number of aryl methyl sites for hydroxylation is 1. The maximum absolute atomic E-state index is 5.75. The molecule has 0 aromatic heterocycles. The molecule has 1 aliphatic heterocycles. The third kappa shape index (κ3) is 1.12. The van der Waals surface area contributed by atoms with Crippen molar-refractivity contribution in [3.05, 3.63) is 35.4 Å². The van der Waals surface area contributed by atoms with Crippen LogP contribution in [0.3, 0.4) is 0 Å². The molecule has 74 valence electrons. The van der Waals surface area contributed by atoms with Crippen LogP contribution in [0.1, 0.15) is 30.4 Å². The molecule has 1 aliphatic carbocycles. The van der Waals surface area contributed by atoms with Gasteiger partial charge in [0.2, 0.25) is 0 Å². The minimum Gasteiger partial charge on any atom is -0.377 e. The van der Waals surface area contributed by atoms with Gasteiger partial charge in [-0.25, -0.2) is 0 Å². The lowest BCUT2D eigenvalue weighted by Crippen LogP contribution is -2.25. The molecule has 2 fully saturated rings. The van der Waals surface area contributed by atoms with Gasteiger partial charge in [0, 0.05) is 5.41 Å². The van der Waals surface area contributed by atoms with E-state index >= 15 is 0 Å². The first kappa shape index (κ1) is 8.49. The zero-order valence-corrected chi connectivity index (χ0v) is 8.62. The van der Waals surface area contributed by atoms with Gasteiger partial charge in [-0.15, -0.1) is 0 Å². The number of ether oxygens (including phenoxy) is 1. The molecule has 1 aromatic rings. The van der Waals surface area contributed by atoms with Gasteiger partial charge in [-0.05, 0) is 31.7 Å². The van der Waals surface area contributed by atoms with E-state index in [1.165, 1.54) is 30.4 Å². The highest BCUT2D eigenvalue weighted by molar-refractivity contribution is 5.32. The summed E-state index contributed by atoms with van der Waals surface area (Å²) in [6, 6.07) is 8.94. The van der Waals surface area contributed by atoms with Crippen molar-refractivity contribution in [1.29, 1.82) is 0 Å². The standard InChI is InChI=1S/C13H16O/c1-10-3-2-4-11(7-10)13-6-5-12(8-13)14-9-13/h2-4,7,12H,5-6,8-9H2,1H3. The molecule has 1 heteroatoms. The summed E-state index contributed by atoms with van der Waals surface area (Å²) >= 11 is 0. The Bertz CT molecular complexity index is 348. The number of hydrogen-bond acceptors (Lipinski definition) is 1. The molecule has 1 saturated carbocycles. The SMILES string of the molecule is Cc1cccc(C23CCC(C2)OC3)c1. The molecule has 1 saturated heterocycles. The van der Waals surface area contributed by atoms with Crippen molar-refractivity contribution < 1.29 is 4.74 Å². The monoisotopic (exact) mass is 188 g/mol. The lowest BCUT2D eigenvalue weighted by molar-refractivity contribution is 0.0698. The Labute approximate surface area is 85.1 Å². The Morgan fingerprint density at radius 1 is 1.43 bits per heavy atom. The molecule has 14 heavy (non-hydrogen) atoms. The summed E-state index contributed by atoms with van der Waals surface area (Å²) in [6.07, 6.45) is 4.38. The Kier molecular flexibility index (Phi) is 1.72. The first-order valence-electron chi connectivity index (χ1n) is 5.47. The second kappa shape index (κ2) is 2.83. The van der Waals surface area contributed by atoms with Gasteiger partial charge in [-0.3, -0.25) is 0 Å². The highest BCUT2D eigenvalue weighted by Crippen LogP contribution is 2.48. The zero-order chi connectivity index (χ0) is 9.60. The molecular formula is C13H16O. The molecule has 2 bridgehead atoms. The maximum atomic E-state index is 5.75. The zero-order valence-electron chi connectivity index (χ0n) is 8.62. The summed E-state index contributed by atoms with van der Waals surface area (Å²) in [5.74, 6) is 0. The van der Waals surface area contributed by atoms with Gasteiger partial charge >= 0.3 is 0 Å².